The summed E-state index contributed by atoms with van der Waals surface area (Å²) >= 11 is 0. The fourth-order valence-electron chi connectivity index (χ4n) is 5.50. The highest BCUT2D eigenvalue weighted by Crippen LogP contribution is 2.14. The van der Waals surface area contributed by atoms with Crippen molar-refractivity contribution < 1.29 is 4.79 Å². The van der Waals surface area contributed by atoms with E-state index >= 15 is 0 Å². The third-order valence-electron chi connectivity index (χ3n) is 8.06. The molecule has 222 valence electrons. The maximum absolute atomic E-state index is 10.6. The fourth-order valence-corrected chi connectivity index (χ4v) is 5.50. The average molecular weight is 523 g/mol. The van der Waals surface area contributed by atoms with Crippen LogP contribution in [0, 0.1) is 0 Å². The number of carbonyl (C=O) groups is 1. The summed E-state index contributed by atoms with van der Waals surface area (Å²) in [5, 5.41) is 2.86. The minimum atomic E-state index is 0.792. The molecule has 0 saturated heterocycles. The normalized spacial score (nSPS) is 11.4. The van der Waals surface area contributed by atoms with Crippen molar-refractivity contribution in [1.29, 1.82) is 0 Å². The van der Waals surface area contributed by atoms with Crippen molar-refractivity contribution >= 4 is 6.41 Å². The van der Waals surface area contributed by atoms with E-state index in [1.54, 1.807) is 0 Å². The summed E-state index contributed by atoms with van der Waals surface area (Å²) in [5.74, 6) is 0. The van der Waals surface area contributed by atoms with Gasteiger partial charge in [0.2, 0.25) is 6.41 Å². The maximum atomic E-state index is 10.6. The smallest absolute Gasteiger partial charge is 0.207 e. The Morgan fingerprint density at radius 1 is 0.405 bits per heavy atom. The van der Waals surface area contributed by atoms with Crippen LogP contribution < -0.4 is 5.32 Å². The second-order valence-electron chi connectivity index (χ2n) is 11.8. The molecule has 0 aliphatic heterocycles. The molecule has 0 unspecified atom stereocenters. The Bertz CT molecular complexity index is 415. The van der Waals surface area contributed by atoms with Crippen molar-refractivity contribution in [2.24, 2.45) is 0 Å². The minimum absolute atomic E-state index is 0.792. The van der Waals surface area contributed by atoms with E-state index in [0.717, 1.165) is 19.5 Å². The molecule has 0 rings (SSSR count). The molecule has 0 saturated carbocycles. The molecule has 3 heteroatoms. The molecule has 0 aromatic heterocycles. The average Bonchev–Trinajstić information content (AvgIpc) is 2.91. The number of hydrogen-bond acceptors (Lipinski definition) is 2. The molecular formula is C34H70N2O. The number of nitrogens with zero attached hydrogens (tertiary/aromatic N) is 1. The predicted octanol–water partition coefficient (Wildman–Crippen LogP) is 10.6. The van der Waals surface area contributed by atoms with Gasteiger partial charge in [0.25, 0.3) is 0 Å². The summed E-state index contributed by atoms with van der Waals surface area (Å²) in [7, 11) is 0. The van der Waals surface area contributed by atoms with Crippen molar-refractivity contribution in [2.45, 2.75) is 187 Å². The number of unbranched alkanes of at least 4 members (excludes halogenated alkanes) is 25. The topological polar surface area (TPSA) is 32.3 Å². The van der Waals surface area contributed by atoms with Crippen molar-refractivity contribution in [1.82, 2.24) is 10.2 Å². The van der Waals surface area contributed by atoms with Crippen LogP contribution in [0.25, 0.3) is 0 Å². The second-order valence-corrected chi connectivity index (χ2v) is 11.8. The van der Waals surface area contributed by atoms with Crippen LogP contribution in [0.2, 0.25) is 0 Å². The quantitative estimate of drug-likeness (QED) is 0.0686. The van der Waals surface area contributed by atoms with Crippen molar-refractivity contribution in [3.63, 3.8) is 0 Å². The summed E-state index contributed by atoms with van der Waals surface area (Å²) in [5.41, 5.74) is 0. The zero-order valence-corrected chi connectivity index (χ0v) is 25.9. The molecule has 0 aliphatic carbocycles. The van der Waals surface area contributed by atoms with Gasteiger partial charge in [-0.25, -0.2) is 0 Å². The van der Waals surface area contributed by atoms with E-state index in [1.165, 1.54) is 186 Å². The van der Waals surface area contributed by atoms with E-state index in [2.05, 4.69) is 24.1 Å². The monoisotopic (exact) mass is 523 g/mol. The highest BCUT2D eigenvalue weighted by Gasteiger charge is 2.05. The molecule has 0 bridgehead atoms. The molecule has 1 amide bonds. The van der Waals surface area contributed by atoms with E-state index in [-0.39, 0.29) is 0 Å². The van der Waals surface area contributed by atoms with Gasteiger partial charge in [-0.1, -0.05) is 174 Å². The lowest BCUT2D eigenvalue weighted by Gasteiger charge is -2.22. The van der Waals surface area contributed by atoms with Crippen LogP contribution in [0.15, 0.2) is 0 Å². The number of hydrogen-bond donors (Lipinski definition) is 1. The summed E-state index contributed by atoms with van der Waals surface area (Å²) in [6, 6.07) is 0. The molecular weight excluding hydrogens is 452 g/mol. The van der Waals surface area contributed by atoms with Crippen LogP contribution >= 0.6 is 0 Å². The number of carbonyl (C=O) groups excluding carboxylic acids is 1. The van der Waals surface area contributed by atoms with Gasteiger partial charge in [0.15, 0.2) is 0 Å². The lowest BCUT2D eigenvalue weighted by molar-refractivity contribution is -0.109. The van der Waals surface area contributed by atoms with Gasteiger partial charge in [-0.05, 0) is 25.9 Å². The van der Waals surface area contributed by atoms with Gasteiger partial charge in [-0.2, -0.15) is 0 Å². The number of amides is 1. The summed E-state index contributed by atoms with van der Waals surface area (Å²) in [4.78, 5) is 13.2. The molecule has 0 atom stereocenters. The Morgan fingerprint density at radius 2 is 0.676 bits per heavy atom. The highest BCUT2D eigenvalue weighted by atomic mass is 16.1. The van der Waals surface area contributed by atoms with Crippen LogP contribution in [0.5, 0.6) is 0 Å². The van der Waals surface area contributed by atoms with Gasteiger partial charge in [0, 0.05) is 13.1 Å². The van der Waals surface area contributed by atoms with Gasteiger partial charge in [-0.15, -0.1) is 0 Å². The van der Waals surface area contributed by atoms with Crippen LogP contribution in [0.3, 0.4) is 0 Å². The van der Waals surface area contributed by atoms with Crippen LogP contribution in [-0.4, -0.2) is 37.5 Å². The molecule has 0 heterocycles. The third-order valence-corrected chi connectivity index (χ3v) is 8.06. The molecule has 0 aliphatic rings. The minimum Gasteiger partial charge on any atom is -0.357 e. The number of nitrogens with one attached hydrogen (secondary N) is 1. The molecule has 1 N–H and O–H groups in total. The van der Waals surface area contributed by atoms with Crippen molar-refractivity contribution in [3.8, 4) is 0 Å². The number of rotatable bonds is 33. The standard InChI is InChI=1S/C34H70N2O/c1-3-5-7-9-11-13-15-17-19-21-23-25-27-29-32-36(33-30-35-34-37)31-28-26-24-22-20-18-16-14-12-10-8-6-4-2/h34H,3-33H2,1-2H3,(H,35,37). The Kier molecular flexibility index (Phi) is 32.9. The zero-order valence-electron chi connectivity index (χ0n) is 25.9. The maximum Gasteiger partial charge on any atom is 0.207 e. The van der Waals surface area contributed by atoms with Gasteiger partial charge in [0.1, 0.15) is 0 Å². The molecule has 0 aromatic rings. The van der Waals surface area contributed by atoms with Gasteiger partial charge >= 0.3 is 0 Å². The van der Waals surface area contributed by atoms with E-state index in [1.807, 2.05) is 0 Å². The second kappa shape index (κ2) is 33.5. The largest absolute Gasteiger partial charge is 0.357 e. The molecule has 0 spiro atoms. The van der Waals surface area contributed by atoms with Gasteiger partial charge in [0.05, 0.1) is 0 Å². The van der Waals surface area contributed by atoms with Crippen molar-refractivity contribution in [3.05, 3.63) is 0 Å². The third kappa shape index (κ3) is 31.5. The highest BCUT2D eigenvalue weighted by molar-refractivity contribution is 5.45. The first-order valence-electron chi connectivity index (χ1n) is 17.2. The first-order valence-corrected chi connectivity index (χ1v) is 17.2. The Balaban J connectivity index is 3.56. The SMILES string of the molecule is CCCCCCCCCCCCCCCCN(CCCCCCCCCCCCCCC)CCNC=O. The Morgan fingerprint density at radius 3 is 0.946 bits per heavy atom. The van der Waals surface area contributed by atoms with E-state index in [9.17, 15) is 4.79 Å². The zero-order chi connectivity index (χ0) is 26.9. The van der Waals surface area contributed by atoms with Crippen LogP contribution in [-0.2, 0) is 4.79 Å². The van der Waals surface area contributed by atoms with Crippen LogP contribution in [0.1, 0.15) is 187 Å². The summed E-state index contributed by atoms with van der Waals surface area (Å²) < 4.78 is 0. The molecule has 0 aromatic carbocycles. The predicted molar refractivity (Wildman–Crippen MR) is 167 cm³/mol. The molecule has 37 heavy (non-hydrogen) atoms. The van der Waals surface area contributed by atoms with Gasteiger partial charge < -0.3 is 10.2 Å². The first-order chi connectivity index (χ1) is 18.3. The fraction of sp³-hybridized carbons (Fsp3) is 0.971. The lowest BCUT2D eigenvalue weighted by atomic mass is 10.0. The first kappa shape index (κ1) is 36.4. The Labute approximate surface area is 234 Å². The molecule has 0 fully saturated rings. The Hall–Kier alpha value is -0.570. The lowest BCUT2D eigenvalue weighted by Crippen LogP contribution is -2.33. The van der Waals surface area contributed by atoms with E-state index in [0.29, 0.717) is 0 Å². The molecule has 0 radical (unpaired) electrons. The van der Waals surface area contributed by atoms with Gasteiger partial charge in [-0.3, -0.25) is 4.79 Å². The van der Waals surface area contributed by atoms with Crippen molar-refractivity contribution in [2.75, 3.05) is 26.2 Å². The summed E-state index contributed by atoms with van der Waals surface area (Å²) in [6.45, 7) is 8.80. The molecule has 3 nitrogen and oxygen atoms in total. The van der Waals surface area contributed by atoms with E-state index in [4.69, 9.17) is 0 Å². The van der Waals surface area contributed by atoms with Crippen LogP contribution in [0.4, 0.5) is 0 Å². The van der Waals surface area contributed by atoms with E-state index < -0.39 is 0 Å². The summed E-state index contributed by atoms with van der Waals surface area (Å²) in [6.07, 6.45) is 39.1.